The summed E-state index contributed by atoms with van der Waals surface area (Å²) in [6.07, 6.45) is 1.93. The Morgan fingerprint density at radius 3 is 2.25 bits per heavy atom. The minimum absolute atomic E-state index is 0.0342. The standard InChI is InChI=1S/C27H33N3O6/c1-4-7-18-36-22-14-10-20(11-15-22)25(31)23-24(19-8-12-21(13-9-19)30(34)35)29(27(33)26(23)32)17-16-28(5-2)6-3/h8-15,24,31H,4-7,16-18H2,1-3H3/b25-23+. The molecule has 9 nitrogen and oxygen atoms in total. The van der Waals surface area contributed by atoms with E-state index < -0.39 is 22.7 Å². The Morgan fingerprint density at radius 1 is 1.06 bits per heavy atom. The van der Waals surface area contributed by atoms with Crippen molar-refractivity contribution in [1.29, 1.82) is 0 Å². The average molecular weight is 496 g/mol. The van der Waals surface area contributed by atoms with Crippen LogP contribution in [0.2, 0.25) is 0 Å². The Morgan fingerprint density at radius 2 is 1.69 bits per heavy atom. The van der Waals surface area contributed by atoms with E-state index in [0.717, 1.165) is 25.9 Å². The van der Waals surface area contributed by atoms with Crippen LogP contribution in [0.3, 0.4) is 0 Å². The predicted molar refractivity (Wildman–Crippen MR) is 137 cm³/mol. The van der Waals surface area contributed by atoms with Crippen LogP contribution in [-0.4, -0.2) is 64.3 Å². The fraction of sp³-hybridized carbons (Fsp3) is 0.407. The number of ketones is 1. The molecular formula is C27H33N3O6. The molecule has 0 bridgehead atoms. The van der Waals surface area contributed by atoms with Gasteiger partial charge >= 0.3 is 0 Å². The second-order valence-corrected chi connectivity index (χ2v) is 8.59. The molecule has 0 aliphatic carbocycles. The van der Waals surface area contributed by atoms with Gasteiger partial charge in [-0.05, 0) is 61.5 Å². The van der Waals surface area contributed by atoms with Crippen LogP contribution >= 0.6 is 0 Å². The number of ether oxygens (including phenoxy) is 1. The monoisotopic (exact) mass is 495 g/mol. The molecule has 1 N–H and O–H groups in total. The van der Waals surface area contributed by atoms with Gasteiger partial charge < -0.3 is 19.6 Å². The number of nitro groups is 1. The van der Waals surface area contributed by atoms with E-state index in [1.165, 1.54) is 29.2 Å². The highest BCUT2D eigenvalue weighted by Gasteiger charge is 2.46. The molecule has 1 saturated heterocycles. The van der Waals surface area contributed by atoms with Crippen molar-refractivity contribution in [2.75, 3.05) is 32.8 Å². The van der Waals surface area contributed by atoms with Gasteiger partial charge in [0.2, 0.25) is 0 Å². The number of hydrogen-bond acceptors (Lipinski definition) is 7. The highest BCUT2D eigenvalue weighted by atomic mass is 16.6. The van der Waals surface area contributed by atoms with Crippen molar-refractivity contribution >= 4 is 23.1 Å². The largest absolute Gasteiger partial charge is 0.507 e. The number of benzene rings is 2. The molecule has 9 heteroatoms. The fourth-order valence-corrected chi connectivity index (χ4v) is 4.22. The predicted octanol–water partition coefficient (Wildman–Crippen LogP) is 4.54. The summed E-state index contributed by atoms with van der Waals surface area (Å²) < 4.78 is 5.67. The summed E-state index contributed by atoms with van der Waals surface area (Å²) in [6.45, 7) is 9.08. The van der Waals surface area contributed by atoms with E-state index in [0.29, 0.717) is 30.0 Å². The fourth-order valence-electron chi connectivity index (χ4n) is 4.22. The minimum atomic E-state index is -0.859. The molecule has 2 aromatic rings. The number of non-ortho nitro benzene ring substituents is 1. The zero-order chi connectivity index (χ0) is 26.2. The molecule has 1 atom stereocenters. The first-order valence-corrected chi connectivity index (χ1v) is 12.3. The lowest BCUT2D eigenvalue weighted by Crippen LogP contribution is -2.38. The lowest BCUT2D eigenvalue weighted by Gasteiger charge is -2.28. The second-order valence-electron chi connectivity index (χ2n) is 8.59. The number of nitro benzene ring substituents is 1. The van der Waals surface area contributed by atoms with Crippen LogP contribution in [-0.2, 0) is 9.59 Å². The van der Waals surface area contributed by atoms with Gasteiger partial charge in [0.1, 0.15) is 11.5 Å². The number of unbranched alkanes of at least 4 members (excludes halogenated alkanes) is 1. The van der Waals surface area contributed by atoms with Crippen molar-refractivity contribution in [2.45, 2.75) is 39.7 Å². The molecule has 2 aromatic carbocycles. The first-order chi connectivity index (χ1) is 17.3. The van der Waals surface area contributed by atoms with Crippen molar-refractivity contribution in [3.8, 4) is 5.75 Å². The Bertz CT molecular complexity index is 1110. The Balaban J connectivity index is 2.01. The molecule has 1 amide bonds. The number of nitrogens with zero attached hydrogens (tertiary/aromatic N) is 3. The molecule has 36 heavy (non-hydrogen) atoms. The molecule has 1 unspecified atom stereocenters. The van der Waals surface area contributed by atoms with Crippen LogP contribution in [0.25, 0.3) is 5.76 Å². The lowest BCUT2D eigenvalue weighted by atomic mass is 9.95. The minimum Gasteiger partial charge on any atom is -0.507 e. The Hall–Kier alpha value is -3.72. The molecular weight excluding hydrogens is 462 g/mol. The second kappa shape index (κ2) is 12.3. The summed E-state index contributed by atoms with van der Waals surface area (Å²) in [7, 11) is 0. The van der Waals surface area contributed by atoms with Crippen LogP contribution < -0.4 is 4.74 Å². The smallest absolute Gasteiger partial charge is 0.295 e. The highest BCUT2D eigenvalue weighted by Crippen LogP contribution is 2.39. The number of likely N-dealkylation sites (tertiary alicyclic amines) is 1. The first kappa shape index (κ1) is 26.9. The van der Waals surface area contributed by atoms with Crippen LogP contribution in [0.5, 0.6) is 5.75 Å². The van der Waals surface area contributed by atoms with E-state index in [1.54, 1.807) is 24.3 Å². The van der Waals surface area contributed by atoms with Gasteiger partial charge in [-0.15, -0.1) is 0 Å². The topological polar surface area (TPSA) is 113 Å². The molecule has 1 fully saturated rings. The third kappa shape index (κ3) is 5.91. The molecule has 0 radical (unpaired) electrons. The summed E-state index contributed by atoms with van der Waals surface area (Å²) in [4.78, 5) is 40.4. The summed E-state index contributed by atoms with van der Waals surface area (Å²) in [5.74, 6) is -1.13. The summed E-state index contributed by atoms with van der Waals surface area (Å²) in [6, 6.07) is 11.6. The maximum absolute atomic E-state index is 13.2. The molecule has 0 saturated carbocycles. The quantitative estimate of drug-likeness (QED) is 0.115. The zero-order valence-corrected chi connectivity index (χ0v) is 21.0. The maximum atomic E-state index is 13.2. The number of hydrogen-bond donors (Lipinski definition) is 1. The molecule has 1 aliphatic rings. The normalized spacial score (nSPS) is 17.1. The SMILES string of the molecule is CCCCOc1ccc(/C(O)=C2\C(=O)C(=O)N(CCN(CC)CC)C2c2ccc([N+](=O)[O-])cc2)cc1. The maximum Gasteiger partial charge on any atom is 0.295 e. The van der Waals surface area contributed by atoms with Crippen molar-refractivity contribution in [2.24, 2.45) is 0 Å². The molecule has 3 rings (SSSR count). The average Bonchev–Trinajstić information content (AvgIpc) is 3.14. The summed E-state index contributed by atoms with van der Waals surface area (Å²) in [5.41, 5.74) is 0.762. The third-order valence-electron chi connectivity index (χ3n) is 6.41. The summed E-state index contributed by atoms with van der Waals surface area (Å²) >= 11 is 0. The number of amides is 1. The molecule has 0 spiro atoms. The van der Waals surface area contributed by atoms with Crippen molar-refractivity contribution in [3.05, 3.63) is 75.3 Å². The molecule has 192 valence electrons. The zero-order valence-electron chi connectivity index (χ0n) is 21.0. The van der Waals surface area contributed by atoms with Gasteiger partial charge in [-0.2, -0.15) is 0 Å². The Labute approximate surface area is 211 Å². The van der Waals surface area contributed by atoms with Gasteiger partial charge in [-0.1, -0.05) is 27.2 Å². The van der Waals surface area contributed by atoms with E-state index in [9.17, 15) is 24.8 Å². The number of carbonyl (C=O) groups is 2. The van der Waals surface area contributed by atoms with E-state index in [4.69, 9.17) is 4.74 Å². The van der Waals surface area contributed by atoms with Gasteiger partial charge in [-0.3, -0.25) is 19.7 Å². The van der Waals surface area contributed by atoms with Crippen LogP contribution in [0.15, 0.2) is 54.1 Å². The first-order valence-electron chi connectivity index (χ1n) is 12.3. The van der Waals surface area contributed by atoms with Gasteiger partial charge in [0, 0.05) is 30.8 Å². The van der Waals surface area contributed by atoms with E-state index >= 15 is 0 Å². The third-order valence-corrected chi connectivity index (χ3v) is 6.41. The van der Waals surface area contributed by atoms with Gasteiger partial charge in [0.25, 0.3) is 17.4 Å². The molecule has 1 aliphatic heterocycles. The van der Waals surface area contributed by atoms with Gasteiger partial charge in [0.15, 0.2) is 0 Å². The highest BCUT2D eigenvalue weighted by molar-refractivity contribution is 6.46. The van der Waals surface area contributed by atoms with Crippen LogP contribution in [0, 0.1) is 10.1 Å². The lowest BCUT2D eigenvalue weighted by molar-refractivity contribution is -0.384. The number of aliphatic hydroxyl groups is 1. The number of carbonyl (C=O) groups excluding carboxylic acids is 2. The number of rotatable bonds is 12. The number of likely N-dealkylation sites (N-methyl/N-ethyl adjacent to an activating group) is 1. The number of Topliss-reactive ketones (excluding diaryl/α,β-unsaturated/α-hetero) is 1. The molecule has 1 heterocycles. The van der Waals surface area contributed by atoms with E-state index in [2.05, 4.69) is 11.8 Å². The van der Waals surface area contributed by atoms with Crippen LogP contribution in [0.1, 0.15) is 50.8 Å². The van der Waals surface area contributed by atoms with Crippen molar-refractivity contribution in [1.82, 2.24) is 9.80 Å². The van der Waals surface area contributed by atoms with Gasteiger partial charge in [0.05, 0.1) is 23.1 Å². The van der Waals surface area contributed by atoms with E-state index in [-0.39, 0.29) is 23.6 Å². The van der Waals surface area contributed by atoms with Gasteiger partial charge in [-0.25, -0.2) is 0 Å². The molecule has 0 aromatic heterocycles. The van der Waals surface area contributed by atoms with Crippen molar-refractivity contribution < 1.29 is 24.4 Å². The summed E-state index contributed by atoms with van der Waals surface area (Å²) in [5, 5.41) is 22.3. The van der Waals surface area contributed by atoms with Crippen LogP contribution in [0.4, 0.5) is 5.69 Å². The number of aliphatic hydroxyl groups excluding tert-OH is 1. The Kier molecular flexibility index (Phi) is 9.19. The van der Waals surface area contributed by atoms with Crippen molar-refractivity contribution in [3.63, 3.8) is 0 Å². The van der Waals surface area contributed by atoms with E-state index in [1.807, 2.05) is 13.8 Å².